The van der Waals surface area contributed by atoms with Crippen LogP contribution >= 0.6 is 11.3 Å². The summed E-state index contributed by atoms with van der Waals surface area (Å²) < 4.78 is 16.8. The zero-order chi connectivity index (χ0) is 21.0. The molecule has 2 aromatic rings. The van der Waals surface area contributed by atoms with E-state index in [9.17, 15) is 14.1 Å². The van der Waals surface area contributed by atoms with Crippen molar-refractivity contribution in [1.29, 1.82) is 0 Å². The summed E-state index contributed by atoms with van der Waals surface area (Å²) in [5.74, 6) is 0.472. The van der Waals surface area contributed by atoms with E-state index in [0.29, 0.717) is 10.9 Å². The van der Waals surface area contributed by atoms with Crippen LogP contribution in [0.5, 0.6) is 0 Å². The molecule has 1 aromatic heterocycles. The van der Waals surface area contributed by atoms with Crippen molar-refractivity contribution < 1.29 is 14.1 Å². The lowest BCUT2D eigenvalue weighted by Gasteiger charge is -2.16. The molecule has 1 aromatic carbocycles. The van der Waals surface area contributed by atoms with E-state index in [1.807, 2.05) is 0 Å². The number of carbonyl (C=O) groups excluding carboxylic acids is 1. The minimum Gasteiger partial charge on any atom is -0.383 e. The Morgan fingerprint density at radius 1 is 1.38 bits per heavy atom. The first-order chi connectivity index (χ1) is 13.6. The molecule has 2 aliphatic carbocycles. The number of urea groups is 1. The van der Waals surface area contributed by atoms with Crippen LogP contribution < -0.4 is 10.5 Å². The van der Waals surface area contributed by atoms with Gasteiger partial charge in [0.1, 0.15) is 14.8 Å². The fraction of sp³-hybridized carbons (Fsp3) is 0.500. The van der Waals surface area contributed by atoms with Crippen molar-refractivity contribution in [2.75, 3.05) is 5.32 Å². The second-order valence-corrected chi connectivity index (χ2v) is 11.4. The first-order valence-electron chi connectivity index (χ1n) is 9.78. The van der Waals surface area contributed by atoms with Crippen molar-refractivity contribution in [3.05, 3.63) is 39.5 Å². The molecule has 0 fully saturated rings. The molecule has 0 radical (unpaired) electrons. The van der Waals surface area contributed by atoms with Gasteiger partial charge in [-0.05, 0) is 74.1 Å². The van der Waals surface area contributed by atoms with E-state index < -0.39 is 21.5 Å². The van der Waals surface area contributed by atoms with E-state index in [4.69, 9.17) is 5.14 Å². The number of aliphatic hydroxyl groups is 1. The summed E-state index contributed by atoms with van der Waals surface area (Å²) in [6.07, 6.45) is 6.31. The molecule has 2 atom stereocenters. The molecule has 0 bridgehead atoms. The van der Waals surface area contributed by atoms with Gasteiger partial charge in [-0.1, -0.05) is 13.0 Å². The second kappa shape index (κ2) is 7.16. The Morgan fingerprint density at radius 2 is 2.14 bits per heavy atom. The van der Waals surface area contributed by atoms with E-state index in [1.54, 1.807) is 13.8 Å². The van der Waals surface area contributed by atoms with E-state index in [2.05, 4.69) is 27.7 Å². The van der Waals surface area contributed by atoms with Gasteiger partial charge in [0.25, 0.3) is 0 Å². The summed E-state index contributed by atoms with van der Waals surface area (Å²) in [6, 6.07) is 1.58. The monoisotopic (exact) mass is 434 g/mol. The Bertz CT molecular complexity index is 1110. The minimum atomic E-state index is -3.45. The summed E-state index contributed by atoms with van der Waals surface area (Å²) in [5.41, 5.74) is 4.59. The Labute approximate surface area is 175 Å². The fourth-order valence-electron chi connectivity index (χ4n) is 4.16. The number of amides is 2. The van der Waals surface area contributed by atoms with Gasteiger partial charge in [0.2, 0.25) is 0 Å². The number of fused-ring (bicyclic) bond motifs is 2. The number of rotatable bonds is 3. The van der Waals surface area contributed by atoms with Gasteiger partial charge in [0.05, 0.1) is 6.20 Å². The molecule has 1 heterocycles. The third kappa shape index (κ3) is 3.84. The van der Waals surface area contributed by atoms with Gasteiger partial charge in [0, 0.05) is 5.69 Å². The molecule has 7 nitrogen and oxygen atoms in total. The second-order valence-electron chi connectivity index (χ2n) is 8.38. The number of carbonyl (C=O) groups is 1. The predicted molar refractivity (Wildman–Crippen MR) is 115 cm³/mol. The molecular weight excluding hydrogens is 408 g/mol. The van der Waals surface area contributed by atoms with E-state index in [1.165, 1.54) is 28.5 Å². The highest BCUT2D eigenvalue weighted by molar-refractivity contribution is 7.93. The minimum absolute atomic E-state index is 0.168. The molecule has 9 heteroatoms. The van der Waals surface area contributed by atoms with Gasteiger partial charge < -0.3 is 10.4 Å². The average Bonchev–Trinajstić information content (AvgIpc) is 3.33. The van der Waals surface area contributed by atoms with E-state index >= 15 is 0 Å². The first kappa shape index (κ1) is 20.5. The van der Waals surface area contributed by atoms with Crippen LogP contribution in [0.25, 0.3) is 0 Å². The van der Waals surface area contributed by atoms with Crippen LogP contribution in [0, 0.1) is 0 Å². The number of aromatic nitrogens is 1. The van der Waals surface area contributed by atoms with Crippen molar-refractivity contribution >= 4 is 33.0 Å². The van der Waals surface area contributed by atoms with Crippen molar-refractivity contribution in [2.24, 2.45) is 9.50 Å². The van der Waals surface area contributed by atoms with Gasteiger partial charge in [-0.2, -0.15) is 0 Å². The molecule has 2 aliphatic rings. The summed E-state index contributed by atoms with van der Waals surface area (Å²) in [5, 5.41) is 19.2. The zero-order valence-corrected chi connectivity index (χ0v) is 18.5. The van der Waals surface area contributed by atoms with Crippen molar-refractivity contribution in [3.63, 3.8) is 0 Å². The van der Waals surface area contributed by atoms with Crippen LogP contribution in [0.3, 0.4) is 0 Å². The lowest BCUT2D eigenvalue weighted by atomic mass is 9.96. The van der Waals surface area contributed by atoms with Crippen LogP contribution in [-0.4, -0.2) is 20.3 Å². The zero-order valence-electron chi connectivity index (χ0n) is 16.8. The molecular formula is C20H26N4O3S2. The Balaban J connectivity index is 1.66. The predicted octanol–water partition coefficient (Wildman–Crippen LogP) is 3.84. The number of nitrogens with two attached hydrogens (primary N) is 1. The topological polar surface area (TPSA) is 118 Å². The number of nitrogens with one attached hydrogen (secondary N) is 1. The quantitative estimate of drug-likeness (QED) is 0.680. The van der Waals surface area contributed by atoms with E-state index in [0.717, 1.165) is 49.1 Å². The van der Waals surface area contributed by atoms with Gasteiger partial charge in [0.15, 0.2) is 9.92 Å². The number of benzene rings is 1. The van der Waals surface area contributed by atoms with Gasteiger partial charge in [-0.25, -0.2) is 19.1 Å². The van der Waals surface area contributed by atoms with Crippen molar-refractivity contribution in [3.8, 4) is 0 Å². The average molecular weight is 435 g/mol. The molecule has 0 saturated heterocycles. The summed E-state index contributed by atoms with van der Waals surface area (Å²) in [7, 11) is -3.45. The molecule has 0 aliphatic heterocycles. The summed E-state index contributed by atoms with van der Waals surface area (Å²) in [6.45, 7) is 5.37. The molecule has 4 rings (SSSR count). The SMILES string of the molecule is C[C@@H]1CCc2c1cc1c(c2NC(=O)N=S(N)(=O)c2cnc(C(C)(C)O)s2)CCC1. The number of anilines is 1. The van der Waals surface area contributed by atoms with Crippen LogP contribution in [0.2, 0.25) is 0 Å². The van der Waals surface area contributed by atoms with Crippen molar-refractivity contribution in [2.45, 2.75) is 68.6 Å². The first-order valence-corrected chi connectivity index (χ1v) is 12.2. The van der Waals surface area contributed by atoms with Gasteiger partial charge in [-0.3, -0.25) is 0 Å². The Kier molecular flexibility index (Phi) is 5.05. The van der Waals surface area contributed by atoms with Crippen LogP contribution in [-0.2, 0) is 34.8 Å². The maximum atomic E-state index is 12.9. The fourth-order valence-corrected chi connectivity index (χ4v) is 6.23. The Hall–Kier alpha value is -1.81. The van der Waals surface area contributed by atoms with Crippen LogP contribution in [0.15, 0.2) is 20.8 Å². The Morgan fingerprint density at radius 3 is 2.83 bits per heavy atom. The summed E-state index contributed by atoms with van der Waals surface area (Å²) in [4.78, 5) is 16.7. The van der Waals surface area contributed by atoms with Gasteiger partial charge in [-0.15, -0.1) is 15.7 Å². The molecule has 156 valence electrons. The number of nitrogens with zero attached hydrogens (tertiary/aromatic N) is 2. The molecule has 0 saturated carbocycles. The highest BCUT2D eigenvalue weighted by Crippen LogP contribution is 2.43. The lowest BCUT2D eigenvalue weighted by molar-refractivity contribution is 0.0783. The lowest BCUT2D eigenvalue weighted by Crippen LogP contribution is -2.18. The number of thiazole rings is 1. The largest absolute Gasteiger partial charge is 0.383 e. The number of aryl methyl sites for hydroxylation is 1. The van der Waals surface area contributed by atoms with Crippen LogP contribution in [0.4, 0.5) is 10.5 Å². The van der Waals surface area contributed by atoms with Crippen molar-refractivity contribution in [1.82, 2.24) is 4.98 Å². The third-order valence-corrected chi connectivity index (χ3v) is 8.84. The number of hydrogen-bond acceptors (Lipinski definition) is 5. The smallest absolute Gasteiger partial charge is 0.354 e. The standard InChI is InChI=1S/C20H26N4O3S2/c1-11-7-8-14-15(11)9-12-5-4-6-13(12)17(14)23-19(25)24-29(21,27)16-10-22-18(28-16)20(2,3)26/h9-11,26H,4-8H2,1-3H3,(H3,21,23,24,25,27)/t11-,29?/m1/s1. The maximum Gasteiger partial charge on any atom is 0.354 e. The molecule has 0 spiro atoms. The third-order valence-electron chi connectivity index (χ3n) is 5.65. The maximum absolute atomic E-state index is 12.9. The molecule has 29 heavy (non-hydrogen) atoms. The highest BCUT2D eigenvalue weighted by Gasteiger charge is 2.29. The molecule has 2 amide bonds. The molecule has 1 unspecified atom stereocenters. The normalized spacial score (nSPS) is 20.1. The van der Waals surface area contributed by atoms with E-state index in [-0.39, 0.29) is 4.21 Å². The van der Waals surface area contributed by atoms with Gasteiger partial charge >= 0.3 is 6.03 Å². The van der Waals surface area contributed by atoms with Crippen LogP contribution in [0.1, 0.15) is 66.8 Å². The molecule has 4 N–H and O–H groups in total. The highest BCUT2D eigenvalue weighted by atomic mass is 32.2. The summed E-state index contributed by atoms with van der Waals surface area (Å²) >= 11 is 1.00. The number of hydrogen-bond donors (Lipinski definition) is 3.